The van der Waals surface area contributed by atoms with Gasteiger partial charge in [-0.15, -0.1) is 0 Å². The Balaban J connectivity index is 1.66. The number of benzene rings is 2. The largest absolute Gasteiger partial charge is 0.450 e. The summed E-state index contributed by atoms with van der Waals surface area (Å²) < 4.78 is 5.75. The van der Waals surface area contributed by atoms with Crippen LogP contribution < -0.4 is 10.1 Å². The van der Waals surface area contributed by atoms with Crippen molar-refractivity contribution < 1.29 is 9.66 Å². The van der Waals surface area contributed by atoms with Gasteiger partial charge >= 0.3 is 5.69 Å². The maximum absolute atomic E-state index is 11.3. The predicted molar refractivity (Wildman–Crippen MR) is 97.2 cm³/mol. The molecule has 0 unspecified atom stereocenters. The fraction of sp³-hybridized carbons (Fsp3) is 0.211. The van der Waals surface area contributed by atoms with Crippen molar-refractivity contribution in [1.82, 2.24) is 15.3 Å². The van der Waals surface area contributed by atoms with Crippen molar-refractivity contribution in [3.8, 4) is 22.8 Å². The molecule has 1 atom stereocenters. The highest BCUT2D eigenvalue weighted by atomic mass is 16.6. The normalized spacial score (nSPS) is 16.5. The van der Waals surface area contributed by atoms with E-state index in [1.54, 1.807) is 30.5 Å². The van der Waals surface area contributed by atoms with Crippen molar-refractivity contribution >= 4 is 5.69 Å². The van der Waals surface area contributed by atoms with Crippen LogP contribution in [-0.4, -0.2) is 21.4 Å². The third kappa shape index (κ3) is 3.29. The van der Waals surface area contributed by atoms with Gasteiger partial charge in [-0.3, -0.25) is 10.1 Å². The van der Waals surface area contributed by atoms with E-state index in [2.05, 4.69) is 15.3 Å². The molecule has 1 aliphatic rings. The summed E-state index contributed by atoms with van der Waals surface area (Å²) in [5.41, 5.74) is 1.52. The molecule has 7 nitrogen and oxygen atoms in total. The summed E-state index contributed by atoms with van der Waals surface area (Å²) >= 11 is 0. The fourth-order valence-electron chi connectivity index (χ4n) is 3.11. The highest BCUT2D eigenvalue weighted by Gasteiger charge is 2.21. The van der Waals surface area contributed by atoms with Crippen LogP contribution in [-0.2, 0) is 0 Å². The number of hydrogen-bond acceptors (Lipinski definition) is 5. The van der Waals surface area contributed by atoms with Gasteiger partial charge in [-0.1, -0.05) is 18.2 Å². The molecule has 2 heterocycles. The fourth-order valence-corrected chi connectivity index (χ4v) is 3.11. The molecule has 4 rings (SSSR count). The van der Waals surface area contributed by atoms with E-state index >= 15 is 0 Å². The van der Waals surface area contributed by atoms with Crippen molar-refractivity contribution in [3.05, 3.63) is 70.7 Å². The number of ether oxygens (including phenoxy) is 1. The lowest BCUT2D eigenvalue weighted by Gasteiger charge is -2.08. The minimum atomic E-state index is -0.442. The standard InChI is InChI=1S/C19H18N4O3/c24-23(25)17-9-8-13(11-18(17)26-14-5-2-1-3-6-14)16-12-21-19(22-16)15-7-4-10-20-15/h1-3,5-6,8-9,11-12,15,20H,4,7,10H2,(H,21,22)/t15-/m0/s1. The van der Waals surface area contributed by atoms with Gasteiger partial charge in [-0.2, -0.15) is 0 Å². The van der Waals surface area contributed by atoms with E-state index in [4.69, 9.17) is 4.74 Å². The molecule has 132 valence electrons. The molecular weight excluding hydrogens is 332 g/mol. The molecular formula is C19H18N4O3. The van der Waals surface area contributed by atoms with Crippen LogP contribution in [0.5, 0.6) is 11.5 Å². The van der Waals surface area contributed by atoms with Crippen molar-refractivity contribution in [2.75, 3.05) is 6.54 Å². The number of nitro groups is 1. The van der Waals surface area contributed by atoms with Gasteiger partial charge in [-0.05, 0) is 43.7 Å². The molecule has 1 saturated heterocycles. The third-order valence-electron chi connectivity index (χ3n) is 4.42. The number of aromatic amines is 1. The van der Waals surface area contributed by atoms with Crippen molar-refractivity contribution in [3.63, 3.8) is 0 Å². The Hall–Kier alpha value is -3.19. The molecule has 0 spiro atoms. The van der Waals surface area contributed by atoms with Gasteiger partial charge in [0.15, 0.2) is 0 Å². The Labute approximate surface area is 150 Å². The van der Waals surface area contributed by atoms with Crippen LogP contribution in [0.2, 0.25) is 0 Å². The second kappa shape index (κ2) is 6.97. The number of aromatic nitrogens is 2. The van der Waals surface area contributed by atoms with E-state index in [0.717, 1.165) is 36.5 Å². The molecule has 0 aliphatic carbocycles. The number of hydrogen-bond donors (Lipinski definition) is 2. The van der Waals surface area contributed by atoms with E-state index in [1.807, 2.05) is 18.2 Å². The summed E-state index contributed by atoms with van der Waals surface area (Å²) in [6, 6.07) is 14.1. The first-order valence-corrected chi connectivity index (χ1v) is 8.51. The van der Waals surface area contributed by atoms with Crippen LogP contribution in [0.25, 0.3) is 11.3 Å². The molecule has 0 bridgehead atoms. The van der Waals surface area contributed by atoms with Gasteiger partial charge in [-0.25, -0.2) is 4.98 Å². The summed E-state index contributed by atoms with van der Waals surface area (Å²) in [5.74, 6) is 1.64. The monoisotopic (exact) mass is 350 g/mol. The smallest absolute Gasteiger partial charge is 0.311 e. The van der Waals surface area contributed by atoms with Gasteiger partial charge in [0.2, 0.25) is 5.75 Å². The Morgan fingerprint density at radius 3 is 2.77 bits per heavy atom. The molecule has 2 aromatic carbocycles. The molecule has 1 fully saturated rings. The second-order valence-corrected chi connectivity index (χ2v) is 6.19. The first kappa shape index (κ1) is 16.3. The number of nitrogens with one attached hydrogen (secondary N) is 2. The summed E-state index contributed by atoms with van der Waals surface area (Å²) in [7, 11) is 0. The molecule has 1 aromatic heterocycles. The van der Waals surface area contributed by atoms with E-state index in [9.17, 15) is 10.1 Å². The van der Waals surface area contributed by atoms with E-state index in [0.29, 0.717) is 5.75 Å². The molecule has 2 N–H and O–H groups in total. The molecule has 26 heavy (non-hydrogen) atoms. The molecule has 0 saturated carbocycles. The lowest BCUT2D eigenvalue weighted by Crippen LogP contribution is -2.14. The Bertz CT molecular complexity index is 918. The minimum absolute atomic E-state index is 0.0743. The minimum Gasteiger partial charge on any atom is -0.450 e. The van der Waals surface area contributed by atoms with E-state index in [-0.39, 0.29) is 17.5 Å². The summed E-state index contributed by atoms with van der Waals surface area (Å²) in [6.45, 7) is 0.993. The van der Waals surface area contributed by atoms with Gasteiger partial charge < -0.3 is 15.0 Å². The predicted octanol–water partition coefficient (Wildman–Crippen LogP) is 4.20. The zero-order valence-electron chi connectivity index (χ0n) is 14.0. The SMILES string of the molecule is O=[N+]([O-])c1ccc(-c2cnc([C@@H]3CCCN3)[nH]2)cc1Oc1ccccc1. The van der Waals surface area contributed by atoms with Gasteiger partial charge in [0, 0.05) is 11.6 Å². The lowest BCUT2D eigenvalue weighted by molar-refractivity contribution is -0.385. The maximum atomic E-state index is 11.3. The molecule has 3 aromatic rings. The zero-order chi connectivity index (χ0) is 17.9. The Kier molecular flexibility index (Phi) is 4.37. The summed E-state index contributed by atoms with van der Waals surface area (Å²) in [5, 5.41) is 14.7. The number of para-hydroxylation sites is 1. The van der Waals surface area contributed by atoms with Crippen molar-refractivity contribution in [2.24, 2.45) is 0 Å². The first-order chi connectivity index (χ1) is 12.7. The number of nitrogens with zero attached hydrogens (tertiary/aromatic N) is 2. The Morgan fingerprint density at radius 1 is 1.19 bits per heavy atom. The number of rotatable bonds is 5. The Morgan fingerprint density at radius 2 is 2.04 bits per heavy atom. The number of nitro benzene ring substituents is 1. The highest BCUT2D eigenvalue weighted by molar-refractivity contribution is 5.65. The van der Waals surface area contributed by atoms with Gasteiger partial charge in [0.1, 0.15) is 11.6 Å². The number of imidazole rings is 1. The molecule has 0 amide bonds. The highest BCUT2D eigenvalue weighted by Crippen LogP contribution is 2.35. The maximum Gasteiger partial charge on any atom is 0.311 e. The van der Waals surface area contributed by atoms with E-state index < -0.39 is 4.92 Å². The topological polar surface area (TPSA) is 93.1 Å². The van der Waals surface area contributed by atoms with Crippen LogP contribution in [0.15, 0.2) is 54.7 Å². The molecule has 0 radical (unpaired) electrons. The van der Waals surface area contributed by atoms with Gasteiger partial charge in [0.25, 0.3) is 0 Å². The van der Waals surface area contributed by atoms with Crippen LogP contribution in [0.1, 0.15) is 24.7 Å². The zero-order valence-corrected chi connectivity index (χ0v) is 14.0. The van der Waals surface area contributed by atoms with E-state index in [1.165, 1.54) is 6.07 Å². The average Bonchev–Trinajstić information content (AvgIpc) is 3.34. The first-order valence-electron chi connectivity index (χ1n) is 8.51. The van der Waals surface area contributed by atoms with Gasteiger partial charge in [0.05, 0.1) is 22.9 Å². The van der Waals surface area contributed by atoms with Crippen molar-refractivity contribution in [1.29, 1.82) is 0 Å². The second-order valence-electron chi connectivity index (χ2n) is 6.19. The average molecular weight is 350 g/mol. The van der Waals surface area contributed by atoms with Crippen LogP contribution >= 0.6 is 0 Å². The lowest BCUT2D eigenvalue weighted by atomic mass is 10.1. The third-order valence-corrected chi connectivity index (χ3v) is 4.42. The summed E-state index contributed by atoms with van der Waals surface area (Å²) in [4.78, 5) is 18.7. The number of H-pyrrole nitrogens is 1. The van der Waals surface area contributed by atoms with Crippen molar-refractivity contribution in [2.45, 2.75) is 18.9 Å². The molecule has 1 aliphatic heterocycles. The van der Waals surface area contributed by atoms with Crippen LogP contribution in [0.3, 0.4) is 0 Å². The molecule has 7 heteroatoms. The van der Waals surface area contributed by atoms with Crippen LogP contribution in [0.4, 0.5) is 5.69 Å². The van der Waals surface area contributed by atoms with Crippen LogP contribution in [0, 0.1) is 10.1 Å². The summed E-state index contributed by atoms with van der Waals surface area (Å²) in [6.07, 6.45) is 3.94. The quantitative estimate of drug-likeness (QED) is 0.531.